The summed E-state index contributed by atoms with van der Waals surface area (Å²) in [6, 6.07) is 4.96. The van der Waals surface area contributed by atoms with E-state index in [1.165, 1.54) is 0 Å². The van der Waals surface area contributed by atoms with Crippen molar-refractivity contribution in [3.05, 3.63) is 44.4 Å². The molecular weight excluding hydrogens is 354 g/mol. The van der Waals surface area contributed by atoms with Gasteiger partial charge < -0.3 is 0 Å². The smallest absolute Gasteiger partial charge is 0.137 e. The Morgan fingerprint density at radius 1 is 0.810 bits per heavy atom. The van der Waals surface area contributed by atoms with Crippen LogP contribution in [-0.2, 0) is 0 Å². The molecule has 0 unspecified atom stereocenters. The number of hydrogen-bond acceptors (Lipinski definition) is 4. The molecule has 114 valence electrons. The van der Waals surface area contributed by atoms with Crippen LogP contribution in [0.25, 0.3) is 0 Å². The molecule has 0 aliphatic carbocycles. The van der Waals surface area contributed by atoms with E-state index in [2.05, 4.69) is 34.2 Å². The zero-order valence-corrected chi connectivity index (χ0v) is 14.5. The first-order chi connectivity index (χ1) is 9.97. The van der Waals surface area contributed by atoms with Crippen LogP contribution in [-0.4, -0.2) is 20.4 Å². The molecule has 0 bridgehead atoms. The average molecular weight is 368 g/mol. The van der Waals surface area contributed by atoms with Crippen LogP contribution < -0.4 is 0 Å². The van der Waals surface area contributed by atoms with E-state index in [9.17, 15) is 0 Å². The van der Waals surface area contributed by atoms with E-state index >= 15 is 0 Å². The third-order valence-corrected chi connectivity index (χ3v) is 3.65. The molecule has 0 spiro atoms. The Hall–Kier alpha value is -0.680. The van der Waals surface area contributed by atoms with Gasteiger partial charge in [-0.25, -0.2) is 0 Å². The van der Waals surface area contributed by atoms with Gasteiger partial charge in [0.05, 0.1) is 0 Å². The van der Waals surface area contributed by atoms with Crippen molar-refractivity contribution in [2.45, 2.75) is 32.6 Å². The molecule has 4 nitrogen and oxygen atoms in total. The van der Waals surface area contributed by atoms with Gasteiger partial charge in [-0.3, -0.25) is 0 Å². The van der Waals surface area contributed by atoms with Gasteiger partial charge in [-0.05, 0) is 42.5 Å². The molecule has 0 amide bonds. The van der Waals surface area contributed by atoms with Gasteiger partial charge in [0.15, 0.2) is 20.6 Å². The van der Waals surface area contributed by atoms with Crippen molar-refractivity contribution in [2.24, 2.45) is 0 Å². The third kappa shape index (κ3) is 6.30. The van der Waals surface area contributed by atoms with Crippen molar-refractivity contribution < 1.29 is 0 Å². The highest BCUT2D eigenvalue weighted by molar-refractivity contribution is 6.32. The summed E-state index contributed by atoms with van der Waals surface area (Å²) >= 11 is 22.4. The summed E-state index contributed by atoms with van der Waals surface area (Å²) in [5.74, 6) is 0.431. The fourth-order valence-electron chi connectivity index (χ4n) is 1.68. The lowest BCUT2D eigenvalue weighted by atomic mass is 9.96. The Bertz CT molecular complexity index is 538. The van der Waals surface area contributed by atoms with E-state index in [0.29, 0.717) is 26.5 Å². The predicted octanol–water partition coefficient (Wildman–Crippen LogP) is 5.47. The van der Waals surface area contributed by atoms with Crippen LogP contribution in [0.2, 0.25) is 20.6 Å². The Morgan fingerprint density at radius 3 is 1.71 bits per heavy atom. The lowest BCUT2D eigenvalue weighted by Gasteiger charge is -2.12. The minimum atomic E-state index is 0.356. The van der Waals surface area contributed by atoms with Gasteiger partial charge in [-0.1, -0.05) is 60.3 Å². The van der Waals surface area contributed by atoms with Gasteiger partial charge >= 0.3 is 0 Å². The van der Waals surface area contributed by atoms with E-state index in [-0.39, 0.29) is 0 Å². The van der Waals surface area contributed by atoms with Crippen molar-refractivity contribution in [1.82, 2.24) is 20.4 Å². The summed E-state index contributed by atoms with van der Waals surface area (Å²) in [7, 11) is 0. The minimum absolute atomic E-state index is 0.356. The van der Waals surface area contributed by atoms with Crippen LogP contribution >= 0.6 is 46.4 Å². The molecule has 2 rings (SSSR count). The summed E-state index contributed by atoms with van der Waals surface area (Å²) in [6.07, 6.45) is 2.08. The van der Waals surface area contributed by atoms with E-state index in [1.54, 1.807) is 18.2 Å². The summed E-state index contributed by atoms with van der Waals surface area (Å²) in [5, 5.41) is 16.0. The number of rotatable bonds is 3. The molecular formula is C13H14Cl4N4. The highest BCUT2D eigenvalue weighted by Gasteiger charge is 2.12. The molecule has 0 N–H and O–H groups in total. The van der Waals surface area contributed by atoms with Crippen LogP contribution in [0.3, 0.4) is 0 Å². The highest BCUT2D eigenvalue weighted by atomic mass is 35.5. The number of hydrogen-bond donors (Lipinski definition) is 0. The zero-order chi connectivity index (χ0) is 15.8. The first kappa shape index (κ1) is 18.4. The second-order valence-electron chi connectivity index (χ2n) is 4.11. The average Bonchev–Trinajstić information content (AvgIpc) is 2.48. The number of nitrogens with zero attached hydrogens (tertiary/aromatic N) is 4. The van der Waals surface area contributed by atoms with Crippen LogP contribution in [0, 0.1) is 0 Å². The van der Waals surface area contributed by atoms with Gasteiger partial charge in [0.2, 0.25) is 0 Å². The molecule has 0 atom stereocenters. The van der Waals surface area contributed by atoms with Crippen LogP contribution in [0.15, 0.2) is 18.2 Å². The molecule has 2 heterocycles. The summed E-state index contributed by atoms with van der Waals surface area (Å²) in [5.41, 5.74) is 1.01. The maximum Gasteiger partial charge on any atom is 0.155 e. The molecule has 0 aromatic carbocycles. The van der Waals surface area contributed by atoms with E-state index < -0.39 is 0 Å². The number of aromatic nitrogens is 4. The summed E-state index contributed by atoms with van der Waals surface area (Å²) in [4.78, 5) is 0. The number of halogens is 4. The molecule has 0 fully saturated rings. The van der Waals surface area contributed by atoms with Crippen LogP contribution in [0.5, 0.6) is 0 Å². The Morgan fingerprint density at radius 2 is 1.29 bits per heavy atom. The minimum Gasteiger partial charge on any atom is -0.137 e. The van der Waals surface area contributed by atoms with Gasteiger partial charge in [0.1, 0.15) is 0 Å². The quantitative estimate of drug-likeness (QED) is 0.721. The Kier molecular flexibility index (Phi) is 8.19. The molecule has 2 aromatic rings. The van der Waals surface area contributed by atoms with E-state index in [4.69, 9.17) is 46.4 Å². The first-order valence-electron chi connectivity index (χ1n) is 6.31. The van der Waals surface area contributed by atoms with Gasteiger partial charge in [0.25, 0.3) is 0 Å². The third-order valence-electron chi connectivity index (χ3n) is 2.77. The van der Waals surface area contributed by atoms with Gasteiger partial charge in [-0.2, -0.15) is 0 Å². The molecule has 2 aromatic heterocycles. The molecule has 0 saturated heterocycles. The standard InChI is InChI=1S/C9H12Cl2N2.C4H2Cl2N2/c1-3-6(4-2)7-5-8(10)12-13-9(7)11;5-3-1-2-4(6)8-7-3/h5-6H,3-4H2,1-2H3;1-2H. The van der Waals surface area contributed by atoms with Crippen LogP contribution in [0.1, 0.15) is 38.2 Å². The Labute approximate surface area is 143 Å². The Balaban J connectivity index is 0.000000235. The predicted molar refractivity (Wildman–Crippen MR) is 87.4 cm³/mol. The normalized spacial score (nSPS) is 10.2. The summed E-state index contributed by atoms with van der Waals surface area (Å²) < 4.78 is 0. The van der Waals surface area contributed by atoms with Crippen LogP contribution in [0.4, 0.5) is 0 Å². The molecule has 0 radical (unpaired) electrons. The largest absolute Gasteiger partial charge is 0.155 e. The zero-order valence-electron chi connectivity index (χ0n) is 11.5. The van der Waals surface area contributed by atoms with E-state index in [0.717, 1.165) is 18.4 Å². The van der Waals surface area contributed by atoms with E-state index in [1.807, 2.05) is 0 Å². The lowest BCUT2D eigenvalue weighted by molar-refractivity contribution is 0.637. The second-order valence-corrected chi connectivity index (χ2v) is 5.63. The molecule has 0 aliphatic heterocycles. The maximum atomic E-state index is 5.92. The fourth-order valence-corrected chi connectivity index (χ4v) is 2.28. The summed E-state index contributed by atoms with van der Waals surface area (Å²) in [6.45, 7) is 4.25. The SMILES string of the molecule is CCC(CC)c1cc(Cl)nnc1Cl.Clc1ccc(Cl)nn1. The fraction of sp³-hybridized carbons (Fsp3) is 0.385. The van der Waals surface area contributed by atoms with Crippen molar-refractivity contribution in [1.29, 1.82) is 0 Å². The second kappa shape index (κ2) is 9.36. The van der Waals surface area contributed by atoms with Crippen molar-refractivity contribution in [2.75, 3.05) is 0 Å². The molecule has 0 aliphatic rings. The lowest BCUT2D eigenvalue weighted by Crippen LogP contribution is -1.99. The molecule has 8 heteroatoms. The highest BCUT2D eigenvalue weighted by Crippen LogP contribution is 2.28. The maximum absolute atomic E-state index is 5.92. The molecule has 0 saturated carbocycles. The molecule has 21 heavy (non-hydrogen) atoms. The van der Waals surface area contributed by atoms with Crippen molar-refractivity contribution in [3.8, 4) is 0 Å². The topological polar surface area (TPSA) is 51.6 Å². The first-order valence-corrected chi connectivity index (χ1v) is 7.82. The van der Waals surface area contributed by atoms with Crippen molar-refractivity contribution in [3.63, 3.8) is 0 Å². The van der Waals surface area contributed by atoms with Gasteiger partial charge in [-0.15, -0.1) is 20.4 Å². The van der Waals surface area contributed by atoms with Gasteiger partial charge in [0, 0.05) is 0 Å². The van der Waals surface area contributed by atoms with Crippen molar-refractivity contribution >= 4 is 46.4 Å². The monoisotopic (exact) mass is 366 g/mol.